The summed E-state index contributed by atoms with van der Waals surface area (Å²) in [7, 11) is 0. The fourth-order valence-electron chi connectivity index (χ4n) is 3.74. The number of benzene rings is 3. The van der Waals surface area contributed by atoms with Gasteiger partial charge in [-0.25, -0.2) is 0 Å². The standard InChI is InChI=1S/C23H21N/c1-4-17-10-9-11-18(16-17)24-21-14-7-5-12-19(21)23(2,3)20-13-6-8-15-22(20)24/h4-16H,1H2,2-3H3. The molecule has 0 saturated carbocycles. The summed E-state index contributed by atoms with van der Waals surface area (Å²) in [5, 5.41) is 0. The summed E-state index contributed by atoms with van der Waals surface area (Å²) in [6, 6.07) is 26.0. The molecule has 0 unspecified atom stereocenters. The van der Waals surface area contributed by atoms with E-state index in [2.05, 4.69) is 98.1 Å². The Morgan fingerprint density at radius 3 is 1.96 bits per heavy atom. The van der Waals surface area contributed by atoms with Crippen molar-refractivity contribution in [2.45, 2.75) is 19.3 Å². The second-order valence-corrected chi connectivity index (χ2v) is 6.79. The van der Waals surface area contributed by atoms with E-state index in [9.17, 15) is 0 Å². The third-order valence-corrected chi connectivity index (χ3v) is 5.00. The lowest BCUT2D eigenvalue weighted by Gasteiger charge is -2.42. The van der Waals surface area contributed by atoms with Gasteiger partial charge in [-0.1, -0.05) is 75.0 Å². The van der Waals surface area contributed by atoms with E-state index in [1.54, 1.807) is 0 Å². The largest absolute Gasteiger partial charge is 0.310 e. The van der Waals surface area contributed by atoms with Crippen LogP contribution in [-0.2, 0) is 5.41 Å². The Hall–Kier alpha value is -2.80. The molecular weight excluding hydrogens is 290 g/mol. The first kappa shape index (κ1) is 14.8. The van der Waals surface area contributed by atoms with Gasteiger partial charge in [0.1, 0.15) is 0 Å². The van der Waals surface area contributed by atoms with Gasteiger partial charge in [0, 0.05) is 11.1 Å². The molecule has 0 saturated heterocycles. The van der Waals surface area contributed by atoms with Gasteiger partial charge in [-0.15, -0.1) is 0 Å². The van der Waals surface area contributed by atoms with Crippen LogP contribution in [0.1, 0.15) is 30.5 Å². The Kier molecular flexibility index (Phi) is 3.31. The third kappa shape index (κ3) is 2.09. The van der Waals surface area contributed by atoms with Gasteiger partial charge in [-0.3, -0.25) is 0 Å². The molecule has 4 rings (SSSR count). The van der Waals surface area contributed by atoms with Crippen LogP contribution < -0.4 is 4.90 Å². The summed E-state index contributed by atoms with van der Waals surface area (Å²) >= 11 is 0. The van der Waals surface area contributed by atoms with Gasteiger partial charge in [0.25, 0.3) is 0 Å². The summed E-state index contributed by atoms with van der Waals surface area (Å²) in [5.41, 5.74) is 7.50. The highest BCUT2D eigenvalue weighted by molar-refractivity contribution is 5.86. The van der Waals surface area contributed by atoms with E-state index in [1.807, 2.05) is 6.08 Å². The van der Waals surface area contributed by atoms with Crippen molar-refractivity contribution in [3.05, 3.63) is 96.1 Å². The topological polar surface area (TPSA) is 3.24 Å². The summed E-state index contributed by atoms with van der Waals surface area (Å²) in [6.07, 6.45) is 1.90. The maximum atomic E-state index is 3.91. The van der Waals surface area contributed by atoms with Gasteiger partial charge < -0.3 is 4.90 Å². The van der Waals surface area contributed by atoms with Crippen molar-refractivity contribution in [3.63, 3.8) is 0 Å². The average molecular weight is 311 g/mol. The van der Waals surface area contributed by atoms with Crippen LogP contribution in [-0.4, -0.2) is 0 Å². The van der Waals surface area contributed by atoms with Crippen molar-refractivity contribution in [1.29, 1.82) is 0 Å². The second kappa shape index (κ2) is 5.38. The predicted octanol–water partition coefficient (Wildman–Crippen LogP) is 6.44. The Morgan fingerprint density at radius 2 is 1.38 bits per heavy atom. The van der Waals surface area contributed by atoms with Crippen molar-refractivity contribution in [3.8, 4) is 0 Å². The van der Waals surface area contributed by atoms with Crippen LogP contribution in [0, 0.1) is 0 Å². The van der Waals surface area contributed by atoms with Crippen molar-refractivity contribution >= 4 is 23.1 Å². The van der Waals surface area contributed by atoms with Crippen LogP contribution >= 0.6 is 0 Å². The van der Waals surface area contributed by atoms with Crippen molar-refractivity contribution in [2.75, 3.05) is 4.90 Å². The Balaban J connectivity index is 2.03. The summed E-state index contributed by atoms with van der Waals surface area (Å²) in [4.78, 5) is 2.36. The Bertz CT molecular complexity index is 871. The molecule has 0 fully saturated rings. The number of hydrogen-bond donors (Lipinski definition) is 0. The molecule has 0 aliphatic carbocycles. The van der Waals surface area contributed by atoms with E-state index in [0.29, 0.717) is 0 Å². The molecule has 118 valence electrons. The minimum Gasteiger partial charge on any atom is -0.310 e. The minimum atomic E-state index is -0.0142. The fraction of sp³-hybridized carbons (Fsp3) is 0.130. The zero-order chi connectivity index (χ0) is 16.7. The van der Waals surface area contributed by atoms with Crippen molar-refractivity contribution in [1.82, 2.24) is 0 Å². The molecule has 1 aliphatic heterocycles. The minimum absolute atomic E-state index is 0.0142. The monoisotopic (exact) mass is 311 g/mol. The Morgan fingerprint density at radius 1 is 0.792 bits per heavy atom. The van der Waals surface area contributed by atoms with Crippen LogP contribution in [0.2, 0.25) is 0 Å². The fourth-order valence-corrected chi connectivity index (χ4v) is 3.74. The molecule has 0 bridgehead atoms. The molecule has 0 spiro atoms. The molecule has 3 aromatic rings. The first-order valence-electron chi connectivity index (χ1n) is 8.34. The molecular formula is C23H21N. The Labute approximate surface area is 143 Å². The van der Waals surface area contributed by atoms with E-state index in [1.165, 1.54) is 28.2 Å². The molecule has 1 nitrogen and oxygen atoms in total. The predicted molar refractivity (Wildman–Crippen MR) is 103 cm³/mol. The summed E-state index contributed by atoms with van der Waals surface area (Å²) in [6.45, 7) is 8.53. The number of para-hydroxylation sites is 2. The van der Waals surface area contributed by atoms with Crippen LogP contribution in [0.5, 0.6) is 0 Å². The average Bonchev–Trinajstić information content (AvgIpc) is 2.62. The lowest BCUT2D eigenvalue weighted by molar-refractivity contribution is 0.632. The van der Waals surface area contributed by atoms with Crippen molar-refractivity contribution < 1.29 is 0 Å². The lowest BCUT2D eigenvalue weighted by atomic mass is 9.73. The quantitative estimate of drug-likeness (QED) is 0.526. The summed E-state index contributed by atoms with van der Waals surface area (Å²) in [5.74, 6) is 0. The molecule has 0 atom stereocenters. The van der Waals surface area contributed by atoms with Crippen LogP contribution in [0.4, 0.5) is 17.1 Å². The molecule has 0 amide bonds. The first-order valence-corrected chi connectivity index (χ1v) is 8.34. The number of anilines is 3. The van der Waals surface area contributed by atoms with E-state index in [0.717, 1.165) is 5.56 Å². The third-order valence-electron chi connectivity index (χ3n) is 5.00. The van der Waals surface area contributed by atoms with E-state index in [-0.39, 0.29) is 5.41 Å². The molecule has 24 heavy (non-hydrogen) atoms. The molecule has 0 N–H and O–H groups in total. The number of fused-ring (bicyclic) bond motifs is 2. The van der Waals surface area contributed by atoms with E-state index < -0.39 is 0 Å². The smallest absolute Gasteiger partial charge is 0.0502 e. The summed E-state index contributed by atoms with van der Waals surface area (Å²) < 4.78 is 0. The highest BCUT2D eigenvalue weighted by Crippen LogP contribution is 2.51. The normalized spacial score (nSPS) is 14.7. The van der Waals surface area contributed by atoms with Gasteiger partial charge in [0.2, 0.25) is 0 Å². The molecule has 0 aromatic heterocycles. The highest BCUT2D eigenvalue weighted by atomic mass is 15.2. The number of hydrogen-bond acceptors (Lipinski definition) is 1. The van der Waals surface area contributed by atoms with Gasteiger partial charge >= 0.3 is 0 Å². The maximum absolute atomic E-state index is 3.91. The second-order valence-electron chi connectivity index (χ2n) is 6.79. The van der Waals surface area contributed by atoms with Gasteiger partial charge in [0.05, 0.1) is 11.4 Å². The van der Waals surface area contributed by atoms with Gasteiger partial charge in [-0.2, -0.15) is 0 Å². The molecule has 1 heteroatoms. The highest BCUT2D eigenvalue weighted by Gasteiger charge is 2.36. The molecule has 0 radical (unpaired) electrons. The SMILES string of the molecule is C=Cc1cccc(N2c3ccccc3C(C)(C)c3ccccc32)c1. The number of rotatable bonds is 2. The maximum Gasteiger partial charge on any atom is 0.0502 e. The first-order chi connectivity index (χ1) is 11.6. The van der Waals surface area contributed by atoms with Gasteiger partial charge in [0.15, 0.2) is 0 Å². The lowest BCUT2D eigenvalue weighted by Crippen LogP contribution is -2.30. The van der Waals surface area contributed by atoms with E-state index >= 15 is 0 Å². The van der Waals surface area contributed by atoms with Crippen LogP contribution in [0.25, 0.3) is 6.08 Å². The zero-order valence-corrected chi connectivity index (χ0v) is 14.2. The van der Waals surface area contributed by atoms with E-state index in [4.69, 9.17) is 0 Å². The van der Waals surface area contributed by atoms with Crippen LogP contribution in [0.15, 0.2) is 79.4 Å². The van der Waals surface area contributed by atoms with Crippen molar-refractivity contribution in [2.24, 2.45) is 0 Å². The zero-order valence-electron chi connectivity index (χ0n) is 14.2. The molecule has 1 aliphatic rings. The number of nitrogens with zero attached hydrogens (tertiary/aromatic N) is 1. The van der Waals surface area contributed by atoms with Gasteiger partial charge in [-0.05, 0) is 41.0 Å². The molecule has 1 heterocycles. The van der Waals surface area contributed by atoms with Crippen LogP contribution in [0.3, 0.4) is 0 Å². The molecule has 3 aromatic carbocycles.